The van der Waals surface area contributed by atoms with Gasteiger partial charge >= 0.3 is 11.8 Å². The van der Waals surface area contributed by atoms with E-state index in [1.54, 1.807) is 4.90 Å². The Labute approximate surface area is 147 Å². The van der Waals surface area contributed by atoms with Crippen LogP contribution in [0.1, 0.15) is 19.8 Å². The summed E-state index contributed by atoms with van der Waals surface area (Å²) in [5, 5.41) is 2.66. The number of amides is 3. The summed E-state index contributed by atoms with van der Waals surface area (Å²) >= 11 is 0. The molecule has 2 aliphatic heterocycles. The van der Waals surface area contributed by atoms with Crippen molar-refractivity contribution in [2.75, 3.05) is 49.5 Å². The minimum Gasteiger partial charge on any atom is -0.372 e. The first-order valence-electron chi connectivity index (χ1n) is 8.75. The zero-order valence-corrected chi connectivity index (χ0v) is 14.5. The molecule has 1 N–H and O–H groups in total. The molecule has 0 spiro atoms. The molecule has 2 fully saturated rings. The van der Waals surface area contributed by atoms with Gasteiger partial charge in [-0.25, -0.2) is 0 Å². The Morgan fingerprint density at radius 1 is 0.840 bits per heavy atom. The predicted octanol–water partition coefficient (Wildman–Crippen LogP) is 0.916. The summed E-state index contributed by atoms with van der Waals surface area (Å²) in [5.74, 6) is -1.19. The topological polar surface area (TPSA) is 73.0 Å². The highest BCUT2D eigenvalue weighted by Gasteiger charge is 2.26. The maximum Gasteiger partial charge on any atom is 0.313 e. The highest BCUT2D eigenvalue weighted by molar-refractivity contribution is 6.39. The van der Waals surface area contributed by atoms with Gasteiger partial charge in [-0.15, -0.1) is 0 Å². The average molecular weight is 344 g/mol. The number of hydrogen-bond acceptors (Lipinski definition) is 4. The van der Waals surface area contributed by atoms with Crippen LogP contribution < -0.4 is 10.2 Å². The molecule has 3 rings (SSSR count). The highest BCUT2D eigenvalue weighted by atomic mass is 16.2. The molecule has 0 unspecified atom stereocenters. The SMILES string of the molecule is CC(=O)N1CCN(C(=O)C(=O)Nc2ccc(N3CCCC3)cc2)CC1. The fourth-order valence-electron chi connectivity index (χ4n) is 3.28. The fraction of sp³-hybridized carbons (Fsp3) is 0.500. The molecule has 0 aromatic heterocycles. The number of hydrogen-bond donors (Lipinski definition) is 1. The van der Waals surface area contributed by atoms with Gasteiger partial charge in [0.1, 0.15) is 0 Å². The van der Waals surface area contributed by atoms with Crippen LogP contribution in [0.2, 0.25) is 0 Å². The number of piperazine rings is 1. The first-order chi connectivity index (χ1) is 12.0. The lowest BCUT2D eigenvalue weighted by molar-refractivity contribution is -0.145. The molecule has 1 aromatic rings. The van der Waals surface area contributed by atoms with E-state index in [4.69, 9.17) is 0 Å². The summed E-state index contributed by atoms with van der Waals surface area (Å²) in [7, 11) is 0. The number of anilines is 2. The lowest BCUT2D eigenvalue weighted by Gasteiger charge is -2.33. The molecule has 25 heavy (non-hydrogen) atoms. The van der Waals surface area contributed by atoms with E-state index in [2.05, 4.69) is 10.2 Å². The fourth-order valence-corrected chi connectivity index (χ4v) is 3.28. The van der Waals surface area contributed by atoms with Gasteiger partial charge in [0.2, 0.25) is 5.91 Å². The second-order valence-electron chi connectivity index (χ2n) is 6.49. The number of nitrogens with one attached hydrogen (secondary N) is 1. The van der Waals surface area contributed by atoms with Crippen molar-refractivity contribution in [1.82, 2.24) is 9.80 Å². The van der Waals surface area contributed by atoms with Gasteiger partial charge in [0, 0.05) is 57.6 Å². The van der Waals surface area contributed by atoms with Gasteiger partial charge in [-0.05, 0) is 37.1 Å². The molecule has 7 nitrogen and oxygen atoms in total. The minimum atomic E-state index is -0.634. The first-order valence-corrected chi connectivity index (χ1v) is 8.75. The smallest absolute Gasteiger partial charge is 0.313 e. The highest BCUT2D eigenvalue weighted by Crippen LogP contribution is 2.22. The van der Waals surface area contributed by atoms with Crippen molar-refractivity contribution < 1.29 is 14.4 Å². The standard InChI is InChI=1S/C18H24N4O3/c1-14(23)20-10-12-22(13-11-20)18(25)17(24)19-15-4-6-16(7-5-15)21-8-2-3-9-21/h4-7H,2-3,8-13H2,1H3,(H,19,24). The van der Waals surface area contributed by atoms with Gasteiger partial charge in [0.15, 0.2) is 0 Å². The summed E-state index contributed by atoms with van der Waals surface area (Å²) in [4.78, 5) is 41.2. The Hall–Kier alpha value is -2.57. The number of benzene rings is 1. The van der Waals surface area contributed by atoms with Crippen LogP contribution in [-0.2, 0) is 14.4 Å². The van der Waals surface area contributed by atoms with E-state index in [1.807, 2.05) is 24.3 Å². The van der Waals surface area contributed by atoms with E-state index in [-0.39, 0.29) is 5.91 Å². The van der Waals surface area contributed by atoms with E-state index in [9.17, 15) is 14.4 Å². The van der Waals surface area contributed by atoms with Crippen molar-refractivity contribution in [3.63, 3.8) is 0 Å². The number of carbonyl (C=O) groups is 3. The van der Waals surface area contributed by atoms with Gasteiger partial charge in [-0.2, -0.15) is 0 Å². The molecular weight excluding hydrogens is 320 g/mol. The van der Waals surface area contributed by atoms with Gasteiger partial charge in [-0.3, -0.25) is 14.4 Å². The summed E-state index contributed by atoms with van der Waals surface area (Å²) in [5.41, 5.74) is 1.76. The normalized spacial score (nSPS) is 17.6. The van der Waals surface area contributed by atoms with E-state index in [0.29, 0.717) is 31.9 Å². The largest absolute Gasteiger partial charge is 0.372 e. The second kappa shape index (κ2) is 7.55. The number of rotatable bonds is 2. The molecule has 2 aliphatic rings. The van der Waals surface area contributed by atoms with Crippen LogP contribution in [0.4, 0.5) is 11.4 Å². The Kier molecular flexibility index (Phi) is 5.21. The lowest BCUT2D eigenvalue weighted by Crippen LogP contribution is -2.52. The molecule has 0 radical (unpaired) electrons. The van der Waals surface area contributed by atoms with E-state index in [1.165, 1.54) is 24.7 Å². The maximum absolute atomic E-state index is 12.3. The van der Waals surface area contributed by atoms with Crippen LogP contribution in [0.25, 0.3) is 0 Å². The molecule has 1 aromatic carbocycles. The second-order valence-corrected chi connectivity index (χ2v) is 6.49. The van der Waals surface area contributed by atoms with Crippen LogP contribution in [0, 0.1) is 0 Å². The summed E-state index contributed by atoms with van der Waals surface area (Å²) in [6.45, 7) is 5.36. The van der Waals surface area contributed by atoms with Crippen molar-refractivity contribution in [3.05, 3.63) is 24.3 Å². The molecule has 7 heteroatoms. The van der Waals surface area contributed by atoms with Crippen molar-refractivity contribution in [2.24, 2.45) is 0 Å². The Morgan fingerprint density at radius 2 is 1.40 bits per heavy atom. The Bertz CT molecular complexity index is 645. The Balaban J connectivity index is 1.53. The lowest BCUT2D eigenvalue weighted by atomic mass is 10.2. The molecule has 2 heterocycles. The third-order valence-electron chi connectivity index (χ3n) is 4.80. The van der Waals surface area contributed by atoms with Crippen LogP contribution in [0.5, 0.6) is 0 Å². The molecule has 134 valence electrons. The van der Waals surface area contributed by atoms with Gasteiger partial charge in [-0.1, -0.05) is 0 Å². The predicted molar refractivity (Wildman–Crippen MR) is 95.4 cm³/mol. The molecular formula is C18H24N4O3. The van der Waals surface area contributed by atoms with Crippen molar-refractivity contribution in [2.45, 2.75) is 19.8 Å². The summed E-state index contributed by atoms with van der Waals surface area (Å²) < 4.78 is 0. The monoisotopic (exact) mass is 344 g/mol. The maximum atomic E-state index is 12.3. The summed E-state index contributed by atoms with van der Waals surface area (Å²) in [6.07, 6.45) is 2.42. The van der Waals surface area contributed by atoms with Crippen molar-refractivity contribution in [3.8, 4) is 0 Å². The Morgan fingerprint density at radius 3 is 1.96 bits per heavy atom. The molecule has 0 saturated carbocycles. The van der Waals surface area contributed by atoms with Crippen molar-refractivity contribution in [1.29, 1.82) is 0 Å². The number of carbonyl (C=O) groups excluding carboxylic acids is 3. The van der Waals surface area contributed by atoms with Gasteiger partial charge in [0.05, 0.1) is 0 Å². The van der Waals surface area contributed by atoms with Crippen LogP contribution in [0.15, 0.2) is 24.3 Å². The first kappa shape index (κ1) is 17.3. The van der Waals surface area contributed by atoms with Crippen molar-refractivity contribution >= 4 is 29.1 Å². The van der Waals surface area contributed by atoms with Gasteiger partial charge in [0.25, 0.3) is 0 Å². The van der Waals surface area contributed by atoms with Crippen LogP contribution in [0.3, 0.4) is 0 Å². The van der Waals surface area contributed by atoms with E-state index < -0.39 is 11.8 Å². The number of nitrogens with zero attached hydrogens (tertiary/aromatic N) is 3. The zero-order valence-electron chi connectivity index (χ0n) is 14.5. The van der Waals surface area contributed by atoms with Crippen LogP contribution >= 0.6 is 0 Å². The zero-order chi connectivity index (χ0) is 17.8. The van der Waals surface area contributed by atoms with E-state index in [0.717, 1.165) is 18.8 Å². The summed E-state index contributed by atoms with van der Waals surface area (Å²) in [6, 6.07) is 7.59. The quantitative estimate of drug-likeness (QED) is 0.810. The molecule has 3 amide bonds. The van der Waals surface area contributed by atoms with Crippen LogP contribution in [-0.4, -0.2) is 66.8 Å². The molecule has 0 atom stereocenters. The molecule has 2 saturated heterocycles. The van der Waals surface area contributed by atoms with Gasteiger partial charge < -0.3 is 20.0 Å². The third kappa shape index (κ3) is 4.10. The molecule has 0 aliphatic carbocycles. The third-order valence-corrected chi connectivity index (χ3v) is 4.80. The minimum absolute atomic E-state index is 0.00496. The average Bonchev–Trinajstić information content (AvgIpc) is 3.16. The van der Waals surface area contributed by atoms with E-state index >= 15 is 0 Å². The molecule has 0 bridgehead atoms.